The molecule has 0 N–H and O–H groups in total. The maximum Gasteiger partial charge on any atom is 0.384 e. The molecule has 12 heavy (non-hydrogen) atoms. The van der Waals surface area contributed by atoms with E-state index in [9.17, 15) is 0 Å². The van der Waals surface area contributed by atoms with Gasteiger partial charge in [0, 0.05) is 5.54 Å². The van der Waals surface area contributed by atoms with E-state index < -0.39 is 5.54 Å². The maximum atomic E-state index is 5.69. The van der Waals surface area contributed by atoms with Crippen LogP contribution in [0, 0.1) is 0 Å². The van der Waals surface area contributed by atoms with Crippen molar-refractivity contribution in [3.8, 4) is 0 Å². The zero-order valence-electron chi connectivity index (χ0n) is 6.18. The first-order chi connectivity index (χ1) is 5.75. The molecule has 1 aromatic rings. The van der Waals surface area contributed by atoms with Crippen LogP contribution in [0.2, 0.25) is 0 Å². The molecule has 1 aromatic carbocycles. The van der Waals surface area contributed by atoms with Gasteiger partial charge in [0.1, 0.15) is 0 Å². The molecule has 0 heterocycles. The standard InChI is InChI=1S/C8H6BCl3/c10-6-8(9(11)12)7-4-2-1-3-5-7/h1-6H/b8-6+. The molecule has 0 atom stereocenters. The van der Waals surface area contributed by atoms with Gasteiger partial charge in [-0.3, -0.25) is 0 Å². The highest BCUT2D eigenvalue weighted by Gasteiger charge is 2.13. The van der Waals surface area contributed by atoms with Crippen molar-refractivity contribution in [2.45, 2.75) is 0 Å². The van der Waals surface area contributed by atoms with Gasteiger partial charge in [-0.25, -0.2) is 0 Å². The van der Waals surface area contributed by atoms with Crippen LogP contribution in [-0.4, -0.2) is 5.54 Å². The van der Waals surface area contributed by atoms with Gasteiger partial charge in [0.15, 0.2) is 0 Å². The minimum absolute atomic E-state index is 0.579. The van der Waals surface area contributed by atoms with Crippen molar-refractivity contribution in [2.75, 3.05) is 0 Å². The summed E-state index contributed by atoms with van der Waals surface area (Å²) in [4.78, 5) is 0. The van der Waals surface area contributed by atoms with Crippen molar-refractivity contribution in [1.29, 1.82) is 0 Å². The van der Waals surface area contributed by atoms with Crippen LogP contribution < -0.4 is 0 Å². The zero-order valence-corrected chi connectivity index (χ0v) is 8.44. The molecule has 0 aromatic heterocycles. The second-order valence-corrected chi connectivity index (χ2v) is 3.55. The van der Waals surface area contributed by atoms with Crippen LogP contribution in [0.3, 0.4) is 0 Å². The first kappa shape index (κ1) is 9.98. The Balaban J connectivity index is 2.97. The van der Waals surface area contributed by atoms with Gasteiger partial charge in [-0.05, 0) is 11.0 Å². The van der Waals surface area contributed by atoms with Crippen LogP contribution in [0.1, 0.15) is 5.56 Å². The molecular weight excluding hydrogens is 213 g/mol. The normalized spacial score (nSPS) is 11.4. The SMILES string of the molecule is Cl/C=C(/B(Cl)Cl)c1ccccc1. The molecule has 62 valence electrons. The van der Waals surface area contributed by atoms with Gasteiger partial charge in [-0.1, -0.05) is 41.9 Å². The lowest BCUT2D eigenvalue weighted by molar-refractivity contribution is 1.65. The predicted molar refractivity (Wildman–Crippen MR) is 57.7 cm³/mol. The van der Waals surface area contributed by atoms with Gasteiger partial charge in [0.05, 0.1) is 0 Å². The average molecular weight is 219 g/mol. The predicted octanol–water partition coefficient (Wildman–Crippen LogP) is 3.77. The molecule has 0 radical (unpaired) electrons. The monoisotopic (exact) mass is 218 g/mol. The third-order valence-corrected chi connectivity index (χ3v) is 2.17. The van der Waals surface area contributed by atoms with Crippen LogP contribution in [-0.2, 0) is 0 Å². The van der Waals surface area contributed by atoms with E-state index in [1.165, 1.54) is 5.54 Å². The average Bonchev–Trinajstić information content (AvgIpc) is 2.07. The van der Waals surface area contributed by atoms with Gasteiger partial charge < -0.3 is 0 Å². The molecule has 0 saturated heterocycles. The topological polar surface area (TPSA) is 0 Å². The van der Waals surface area contributed by atoms with Crippen molar-refractivity contribution in [3.05, 3.63) is 41.4 Å². The number of halogens is 3. The molecule has 0 bridgehead atoms. The summed E-state index contributed by atoms with van der Waals surface area (Å²) in [6.45, 7) is 0. The van der Waals surface area contributed by atoms with Crippen LogP contribution in [0.5, 0.6) is 0 Å². The molecule has 0 amide bonds. The Morgan fingerprint density at radius 1 is 1.17 bits per heavy atom. The highest BCUT2D eigenvalue weighted by molar-refractivity contribution is 7.41. The van der Waals surface area contributed by atoms with Crippen LogP contribution in [0.25, 0.3) is 5.47 Å². The van der Waals surface area contributed by atoms with Crippen molar-refractivity contribution in [1.82, 2.24) is 0 Å². The summed E-state index contributed by atoms with van der Waals surface area (Å²) < 4.78 is 0. The summed E-state index contributed by atoms with van der Waals surface area (Å²) in [6.07, 6.45) is 0. The van der Waals surface area contributed by atoms with Gasteiger partial charge in [-0.15, -0.1) is 0 Å². The van der Waals surface area contributed by atoms with E-state index in [1.807, 2.05) is 30.3 Å². The molecule has 1 rings (SSSR count). The summed E-state index contributed by atoms with van der Waals surface area (Å²) in [7, 11) is 0. The molecule has 0 fully saturated rings. The van der Waals surface area contributed by atoms with E-state index >= 15 is 0 Å². The Bertz CT molecular complexity index is 269. The van der Waals surface area contributed by atoms with Crippen LogP contribution in [0.15, 0.2) is 35.9 Å². The summed E-state index contributed by atoms with van der Waals surface area (Å²) in [6, 6.07) is 9.56. The lowest BCUT2D eigenvalue weighted by Gasteiger charge is -2.03. The smallest absolute Gasteiger partial charge is 0.164 e. The molecule has 0 aliphatic heterocycles. The van der Waals surface area contributed by atoms with E-state index in [2.05, 4.69) is 0 Å². The molecule has 0 nitrogen and oxygen atoms in total. The molecule has 4 heteroatoms. The van der Waals surface area contributed by atoms with E-state index in [1.54, 1.807) is 0 Å². The number of rotatable bonds is 2. The summed E-state index contributed by atoms with van der Waals surface area (Å²) >= 11 is 16.9. The van der Waals surface area contributed by atoms with Crippen molar-refractivity contribution in [3.63, 3.8) is 0 Å². The number of benzene rings is 1. The largest absolute Gasteiger partial charge is 0.384 e. The number of hydrogen-bond acceptors (Lipinski definition) is 0. The lowest BCUT2D eigenvalue weighted by Crippen LogP contribution is -1.97. The Morgan fingerprint density at radius 2 is 1.75 bits per heavy atom. The quantitative estimate of drug-likeness (QED) is 0.664. The Labute approximate surface area is 87.0 Å². The minimum atomic E-state index is -0.579. The van der Waals surface area contributed by atoms with Gasteiger partial charge in [0.2, 0.25) is 0 Å². The van der Waals surface area contributed by atoms with Crippen LogP contribution >= 0.6 is 34.5 Å². The third kappa shape index (κ3) is 2.44. The summed E-state index contributed by atoms with van der Waals surface area (Å²) in [5.74, 6) is 0. The van der Waals surface area contributed by atoms with Gasteiger partial charge in [-0.2, -0.15) is 22.9 Å². The zero-order chi connectivity index (χ0) is 8.97. The van der Waals surface area contributed by atoms with E-state index in [-0.39, 0.29) is 0 Å². The molecule has 0 saturated carbocycles. The van der Waals surface area contributed by atoms with Crippen LogP contribution in [0.4, 0.5) is 0 Å². The second kappa shape index (κ2) is 4.81. The highest BCUT2D eigenvalue weighted by atomic mass is 35.5. The number of hydrogen-bond donors (Lipinski definition) is 0. The second-order valence-electron chi connectivity index (χ2n) is 2.23. The Hall–Kier alpha value is -0.105. The molecular formula is C8H6BCl3. The molecule has 0 aliphatic carbocycles. The fraction of sp³-hybridized carbons (Fsp3) is 0. The van der Waals surface area contributed by atoms with E-state index in [0.717, 1.165) is 11.0 Å². The van der Waals surface area contributed by atoms with Crippen molar-refractivity contribution >= 4 is 45.5 Å². The van der Waals surface area contributed by atoms with Gasteiger partial charge in [0.25, 0.3) is 0 Å². The summed E-state index contributed by atoms with van der Waals surface area (Å²) in [5.41, 5.74) is 2.49. The maximum absolute atomic E-state index is 5.69. The van der Waals surface area contributed by atoms with Crippen molar-refractivity contribution in [2.24, 2.45) is 0 Å². The summed E-state index contributed by atoms with van der Waals surface area (Å²) in [5, 5.41) is 0. The minimum Gasteiger partial charge on any atom is -0.164 e. The first-order valence-corrected chi connectivity index (χ1v) is 4.70. The molecule has 0 unspecified atom stereocenters. The van der Waals surface area contributed by atoms with E-state index in [4.69, 9.17) is 34.5 Å². The fourth-order valence-corrected chi connectivity index (χ4v) is 1.63. The van der Waals surface area contributed by atoms with Crippen molar-refractivity contribution < 1.29 is 0 Å². The van der Waals surface area contributed by atoms with Gasteiger partial charge >= 0.3 is 5.54 Å². The molecule has 0 aliphatic rings. The fourth-order valence-electron chi connectivity index (χ4n) is 0.867. The first-order valence-electron chi connectivity index (χ1n) is 3.39. The Kier molecular flexibility index (Phi) is 4.00. The lowest BCUT2D eigenvalue weighted by atomic mass is 9.87. The van der Waals surface area contributed by atoms with E-state index in [0.29, 0.717) is 0 Å². The molecule has 0 spiro atoms. The third-order valence-electron chi connectivity index (χ3n) is 1.46. The Morgan fingerprint density at radius 3 is 2.17 bits per heavy atom. The highest BCUT2D eigenvalue weighted by Crippen LogP contribution is 2.22.